The van der Waals surface area contributed by atoms with E-state index < -0.39 is 11.9 Å². The van der Waals surface area contributed by atoms with Crippen LogP contribution in [-0.2, 0) is 6.18 Å². The number of pyridine rings is 1. The molecule has 2 aromatic heterocycles. The minimum atomic E-state index is -4.46. The highest BCUT2D eigenvalue weighted by Gasteiger charge is 2.33. The predicted octanol–water partition coefficient (Wildman–Crippen LogP) is 3.84. The quantitative estimate of drug-likeness (QED) is 0.816. The second-order valence-corrected chi connectivity index (χ2v) is 6.19. The fourth-order valence-electron chi connectivity index (χ4n) is 2.65. The third kappa shape index (κ3) is 4.50. The summed E-state index contributed by atoms with van der Waals surface area (Å²) < 4.78 is 44.0. The standard InChI is InChI=1S/C16H16ClF3N4O/c17-12-9-21-5-1-13(12)25-10-11-3-7-24(8-4-11)15-22-6-2-14(23-15)16(18,19)20/h1-2,5-6,9,11H,3-4,7-8,10H2. The fraction of sp³-hybridized carbons (Fsp3) is 0.438. The highest BCUT2D eigenvalue weighted by atomic mass is 35.5. The molecule has 0 spiro atoms. The molecule has 0 radical (unpaired) electrons. The van der Waals surface area contributed by atoms with E-state index in [1.165, 1.54) is 6.20 Å². The Morgan fingerprint density at radius 2 is 1.96 bits per heavy atom. The van der Waals surface area contributed by atoms with Gasteiger partial charge in [-0.1, -0.05) is 11.6 Å². The van der Waals surface area contributed by atoms with Crippen molar-refractivity contribution in [1.29, 1.82) is 0 Å². The van der Waals surface area contributed by atoms with Crippen molar-refractivity contribution in [3.05, 3.63) is 41.4 Å². The van der Waals surface area contributed by atoms with Crippen LogP contribution in [0.25, 0.3) is 0 Å². The van der Waals surface area contributed by atoms with Crippen LogP contribution in [0.5, 0.6) is 5.75 Å². The van der Waals surface area contributed by atoms with Gasteiger partial charge in [-0.15, -0.1) is 0 Å². The molecule has 9 heteroatoms. The number of piperidine rings is 1. The van der Waals surface area contributed by atoms with Gasteiger partial charge in [0.15, 0.2) is 0 Å². The van der Waals surface area contributed by atoms with E-state index in [0.29, 0.717) is 36.4 Å². The van der Waals surface area contributed by atoms with Crippen LogP contribution in [0.15, 0.2) is 30.7 Å². The zero-order valence-electron chi connectivity index (χ0n) is 13.2. The Balaban J connectivity index is 1.55. The van der Waals surface area contributed by atoms with Crippen LogP contribution in [0.3, 0.4) is 0 Å². The maximum atomic E-state index is 12.8. The van der Waals surface area contributed by atoms with Crippen molar-refractivity contribution in [2.24, 2.45) is 5.92 Å². The number of aromatic nitrogens is 3. The third-order valence-corrected chi connectivity index (χ3v) is 4.32. The molecule has 1 saturated heterocycles. The van der Waals surface area contributed by atoms with Crippen molar-refractivity contribution in [3.8, 4) is 5.75 Å². The zero-order chi connectivity index (χ0) is 17.9. The Morgan fingerprint density at radius 1 is 1.20 bits per heavy atom. The van der Waals surface area contributed by atoms with Crippen LogP contribution in [0, 0.1) is 5.92 Å². The molecule has 0 amide bonds. The Hall–Kier alpha value is -2.09. The van der Waals surface area contributed by atoms with Crippen LogP contribution in [0.1, 0.15) is 18.5 Å². The van der Waals surface area contributed by atoms with E-state index in [-0.39, 0.29) is 5.95 Å². The van der Waals surface area contributed by atoms with Gasteiger partial charge in [-0.05, 0) is 24.8 Å². The Bertz CT molecular complexity index is 721. The summed E-state index contributed by atoms with van der Waals surface area (Å²) in [4.78, 5) is 13.3. The van der Waals surface area contributed by atoms with Gasteiger partial charge in [0.1, 0.15) is 16.5 Å². The molecule has 0 atom stereocenters. The smallest absolute Gasteiger partial charge is 0.433 e. The normalized spacial score (nSPS) is 16.1. The van der Waals surface area contributed by atoms with Crippen LogP contribution >= 0.6 is 11.6 Å². The number of ether oxygens (including phenoxy) is 1. The molecule has 2 aromatic rings. The molecule has 25 heavy (non-hydrogen) atoms. The van der Waals surface area contributed by atoms with Gasteiger partial charge in [0.25, 0.3) is 0 Å². The van der Waals surface area contributed by atoms with E-state index >= 15 is 0 Å². The molecule has 0 aromatic carbocycles. The molecule has 134 valence electrons. The number of nitrogens with zero attached hydrogens (tertiary/aromatic N) is 4. The number of rotatable bonds is 4. The zero-order valence-corrected chi connectivity index (χ0v) is 14.0. The molecule has 1 fully saturated rings. The average molecular weight is 373 g/mol. The van der Waals surface area contributed by atoms with Crippen LogP contribution in [0.4, 0.5) is 19.1 Å². The summed E-state index contributed by atoms with van der Waals surface area (Å²) in [6.07, 6.45) is 1.36. The second-order valence-electron chi connectivity index (χ2n) is 5.79. The first-order valence-electron chi connectivity index (χ1n) is 7.81. The molecular formula is C16H16ClF3N4O. The monoisotopic (exact) mass is 372 g/mol. The van der Waals surface area contributed by atoms with Crippen LogP contribution in [-0.4, -0.2) is 34.6 Å². The van der Waals surface area contributed by atoms with E-state index in [1.807, 2.05) is 0 Å². The molecule has 1 aliphatic rings. The lowest BCUT2D eigenvalue weighted by atomic mass is 9.98. The number of halogens is 4. The first kappa shape index (κ1) is 17.7. The number of anilines is 1. The van der Waals surface area contributed by atoms with Gasteiger partial charge in [-0.25, -0.2) is 9.97 Å². The minimum Gasteiger partial charge on any atom is -0.492 e. The molecule has 0 aliphatic carbocycles. The Labute approximate surface area is 147 Å². The molecule has 0 unspecified atom stereocenters. The Morgan fingerprint density at radius 3 is 2.64 bits per heavy atom. The maximum Gasteiger partial charge on any atom is 0.433 e. The molecule has 0 bridgehead atoms. The molecule has 0 saturated carbocycles. The van der Waals surface area contributed by atoms with Crippen molar-refractivity contribution in [3.63, 3.8) is 0 Å². The summed E-state index contributed by atoms with van der Waals surface area (Å²) in [6, 6.07) is 2.58. The van der Waals surface area contributed by atoms with Gasteiger partial charge < -0.3 is 9.64 Å². The minimum absolute atomic E-state index is 0.117. The number of hydrogen-bond donors (Lipinski definition) is 0. The van der Waals surface area contributed by atoms with E-state index in [4.69, 9.17) is 16.3 Å². The topological polar surface area (TPSA) is 51.1 Å². The fourth-order valence-corrected chi connectivity index (χ4v) is 2.82. The van der Waals surface area contributed by atoms with Crippen molar-refractivity contribution in [2.45, 2.75) is 19.0 Å². The van der Waals surface area contributed by atoms with Crippen molar-refractivity contribution < 1.29 is 17.9 Å². The third-order valence-electron chi connectivity index (χ3n) is 4.04. The Kier molecular flexibility index (Phi) is 5.27. The molecule has 0 N–H and O–H groups in total. The van der Waals surface area contributed by atoms with Crippen molar-refractivity contribution in [2.75, 3.05) is 24.6 Å². The lowest BCUT2D eigenvalue weighted by Gasteiger charge is -2.32. The van der Waals surface area contributed by atoms with Gasteiger partial charge in [0.05, 0.1) is 6.61 Å². The van der Waals surface area contributed by atoms with Crippen molar-refractivity contribution >= 4 is 17.5 Å². The maximum absolute atomic E-state index is 12.8. The highest BCUT2D eigenvalue weighted by molar-refractivity contribution is 6.31. The summed E-state index contributed by atoms with van der Waals surface area (Å²) in [5.74, 6) is 0.998. The van der Waals surface area contributed by atoms with Gasteiger partial charge in [-0.3, -0.25) is 4.98 Å². The van der Waals surface area contributed by atoms with E-state index in [2.05, 4.69) is 15.0 Å². The SMILES string of the molecule is FC(F)(F)c1ccnc(N2CCC(COc3ccncc3Cl)CC2)n1. The molecule has 3 rings (SSSR count). The summed E-state index contributed by atoms with van der Waals surface area (Å²) in [6.45, 7) is 1.67. The summed E-state index contributed by atoms with van der Waals surface area (Å²) >= 11 is 5.99. The average Bonchev–Trinajstić information content (AvgIpc) is 2.61. The van der Waals surface area contributed by atoms with E-state index in [0.717, 1.165) is 25.1 Å². The van der Waals surface area contributed by atoms with Gasteiger partial charge in [0.2, 0.25) is 5.95 Å². The molecule has 1 aliphatic heterocycles. The van der Waals surface area contributed by atoms with E-state index in [1.54, 1.807) is 17.2 Å². The van der Waals surface area contributed by atoms with Crippen molar-refractivity contribution in [1.82, 2.24) is 15.0 Å². The van der Waals surface area contributed by atoms with Gasteiger partial charge in [0, 0.05) is 37.7 Å². The molecule has 5 nitrogen and oxygen atoms in total. The first-order valence-corrected chi connectivity index (χ1v) is 8.19. The number of alkyl halides is 3. The van der Waals surface area contributed by atoms with Crippen LogP contribution < -0.4 is 9.64 Å². The lowest BCUT2D eigenvalue weighted by molar-refractivity contribution is -0.141. The summed E-state index contributed by atoms with van der Waals surface area (Å²) in [7, 11) is 0. The van der Waals surface area contributed by atoms with Crippen LogP contribution in [0.2, 0.25) is 5.02 Å². The van der Waals surface area contributed by atoms with E-state index in [9.17, 15) is 13.2 Å². The summed E-state index contributed by atoms with van der Waals surface area (Å²) in [5.41, 5.74) is -0.921. The second kappa shape index (κ2) is 7.43. The molecular weight excluding hydrogens is 357 g/mol. The van der Waals surface area contributed by atoms with Gasteiger partial charge >= 0.3 is 6.18 Å². The molecule has 3 heterocycles. The van der Waals surface area contributed by atoms with Gasteiger partial charge in [-0.2, -0.15) is 13.2 Å². The summed E-state index contributed by atoms with van der Waals surface area (Å²) in [5, 5.41) is 0.456. The number of hydrogen-bond acceptors (Lipinski definition) is 5. The largest absolute Gasteiger partial charge is 0.492 e. The predicted molar refractivity (Wildman–Crippen MR) is 86.7 cm³/mol. The lowest BCUT2D eigenvalue weighted by Crippen LogP contribution is -2.36. The first-order chi connectivity index (χ1) is 11.9. The highest BCUT2D eigenvalue weighted by Crippen LogP contribution is 2.29.